The van der Waals surface area contributed by atoms with Gasteiger partial charge in [-0.25, -0.2) is 4.98 Å². The highest BCUT2D eigenvalue weighted by atomic mass is 16.5. The zero-order valence-electron chi connectivity index (χ0n) is 14.1. The smallest absolute Gasteiger partial charge is 0.145 e. The number of aromatic nitrogens is 1. The van der Waals surface area contributed by atoms with Crippen molar-refractivity contribution in [1.82, 2.24) is 9.88 Å². The van der Waals surface area contributed by atoms with Crippen LogP contribution in [0.1, 0.15) is 12.6 Å². The summed E-state index contributed by atoms with van der Waals surface area (Å²) in [5, 5.41) is 10.7. The first-order chi connectivity index (χ1) is 11.1. The van der Waals surface area contributed by atoms with Crippen LogP contribution in [0.3, 0.4) is 0 Å². The Morgan fingerprint density at radius 1 is 1.26 bits per heavy atom. The maximum absolute atomic E-state index is 9.55. The number of hydrogen-bond donors (Lipinski definition) is 1. The van der Waals surface area contributed by atoms with Crippen LogP contribution in [0.15, 0.2) is 24.3 Å². The van der Waals surface area contributed by atoms with Crippen LogP contribution in [0.2, 0.25) is 0 Å². The molecular formula is C18H25N3O2. The molecule has 0 saturated carbocycles. The topological polar surface area (TPSA) is 48.8 Å². The summed E-state index contributed by atoms with van der Waals surface area (Å²) in [6, 6.07) is 8.25. The largest absolute Gasteiger partial charge is 0.494 e. The second kappa shape index (κ2) is 6.72. The van der Waals surface area contributed by atoms with Gasteiger partial charge in [0.15, 0.2) is 0 Å². The van der Waals surface area contributed by atoms with Gasteiger partial charge in [0.2, 0.25) is 0 Å². The van der Waals surface area contributed by atoms with E-state index in [4.69, 9.17) is 4.74 Å². The molecule has 2 aromatic rings. The SMILES string of the molecule is COc1cccc2c(N3CCN(C[C@@H](C)O)CC3)cc(C)nc12. The number of fused-ring (bicyclic) bond motifs is 1. The number of para-hydroxylation sites is 1. The van der Waals surface area contributed by atoms with Crippen LogP contribution in [0.4, 0.5) is 5.69 Å². The van der Waals surface area contributed by atoms with Crippen LogP contribution >= 0.6 is 0 Å². The van der Waals surface area contributed by atoms with Crippen LogP contribution in [0.25, 0.3) is 10.9 Å². The minimum atomic E-state index is -0.269. The normalized spacial score (nSPS) is 17.5. The quantitative estimate of drug-likeness (QED) is 0.936. The molecule has 1 aliphatic heterocycles. The zero-order chi connectivity index (χ0) is 16.4. The molecule has 23 heavy (non-hydrogen) atoms. The number of aliphatic hydroxyl groups excluding tert-OH is 1. The summed E-state index contributed by atoms with van der Waals surface area (Å²) < 4.78 is 5.47. The second-order valence-corrected chi connectivity index (χ2v) is 6.28. The lowest BCUT2D eigenvalue weighted by molar-refractivity contribution is 0.123. The van der Waals surface area contributed by atoms with Crippen molar-refractivity contribution in [2.24, 2.45) is 0 Å². The molecule has 0 spiro atoms. The van der Waals surface area contributed by atoms with E-state index in [0.29, 0.717) is 0 Å². The Bertz CT molecular complexity index is 679. The number of piperazine rings is 1. The molecule has 1 aliphatic rings. The van der Waals surface area contributed by atoms with E-state index in [-0.39, 0.29) is 6.10 Å². The summed E-state index contributed by atoms with van der Waals surface area (Å²) in [4.78, 5) is 9.39. The summed E-state index contributed by atoms with van der Waals surface area (Å²) in [6.07, 6.45) is -0.269. The highest BCUT2D eigenvalue weighted by Crippen LogP contribution is 2.32. The van der Waals surface area contributed by atoms with Gasteiger partial charge in [-0.1, -0.05) is 12.1 Å². The minimum absolute atomic E-state index is 0.269. The molecule has 0 radical (unpaired) electrons. The first kappa shape index (κ1) is 16.0. The Hall–Kier alpha value is -1.85. The van der Waals surface area contributed by atoms with E-state index in [0.717, 1.165) is 55.1 Å². The lowest BCUT2D eigenvalue weighted by Gasteiger charge is -2.37. The number of benzene rings is 1. The number of β-amino-alcohol motifs (C(OH)–C–C–N with tert-alkyl or cyclic N) is 1. The van der Waals surface area contributed by atoms with Gasteiger partial charge in [-0.3, -0.25) is 4.90 Å². The van der Waals surface area contributed by atoms with E-state index in [1.54, 1.807) is 7.11 Å². The molecule has 1 N–H and O–H groups in total. The average molecular weight is 315 g/mol. The zero-order valence-corrected chi connectivity index (χ0v) is 14.1. The van der Waals surface area contributed by atoms with Crippen molar-refractivity contribution in [2.45, 2.75) is 20.0 Å². The lowest BCUT2D eigenvalue weighted by atomic mass is 10.1. The van der Waals surface area contributed by atoms with Crippen molar-refractivity contribution in [1.29, 1.82) is 0 Å². The van der Waals surface area contributed by atoms with Gasteiger partial charge < -0.3 is 14.7 Å². The molecule has 0 unspecified atom stereocenters. The van der Waals surface area contributed by atoms with Crippen molar-refractivity contribution in [3.63, 3.8) is 0 Å². The number of hydrogen-bond acceptors (Lipinski definition) is 5. The molecule has 1 saturated heterocycles. The molecule has 0 amide bonds. The van der Waals surface area contributed by atoms with Crippen molar-refractivity contribution in [3.05, 3.63) is 30.0 Å². The van der Waals surface area contributed by atoms with Gasteiger partial charge in [0.1, 0.15) is 11.3 Å². The van der Waals surface area contributed by atoms with Crippen molar-refractivity contribution in [3.8, 4) is 5.75 Å². The molecule has 2 heterocycles. The number of nitrogens with zero attached hydrogens (tertiary/aromatic N) is 3. The Morgan fingerprint density at radius 3 is 2.65 bits per heavy atom. The number of methoxy groups -OCH3 is 1. The van der Waals surface area contributed by atoms with Crippen molar-refractivity contribution >= 4 is 16.6 Å². The van der Waals surface area contributed by atoms with Gasteiger partial charge in [-0.15, -0.1) is 0 Å². The fourth-order valence-corrected chi connectivity index (χ4v) is 3.30. The third kappa shape index (κ3) is 3.41. The minimum Gasteiger partial charge on any atom is -0.494 e. The highest BCUT2D eigenvalue weighted by molar-refractivity contribution is 5.95. The van der Waals surface area contributed by atoms with Gasteiger partial charge in [0.25, 0.3) is 0 Å². The van der Waals surface area contributed by atoms with E-state index in [2.05, 4.69) is 26.9 Å². The predicted molar refractivity (Wildman–Crippen MR) is 93.4 cm³/mol. The molecule has 5 heteroatoms. The Balaban J connectivity index is 1.89. The van der Waals surface area contributed by atoms with Crippen LogP contribution in [-0.2, 0) is 0 Å². The molecule has 1 aromatic carbocycles. The number of ether oxygens (including phenoxy) is 1. The predicted octanol–water partition coefficient (Wildman–Crippen LogP) is 2.05. The lowest BCUT2D eigenvalue weighted by Crippen LogP contribution is -2.48. The van der Waals surface area contributed by atoms with E-state index >= 15 is 0 Å². The monoisotopic (exact) mass is 315 g/mol. The molecule has 0 aliphatic carbocycles. The van der Waals surface area contributed by atoms with E-state index in [1.807, 2.05) is 26.0 Å². The first-order valence-corrected chi connectivity index (χ1v) is 8.18. The molecule has 1 aromatic heterocycles. The van der Waals surface area contributed by atoms with Crippen LogP contribution < -0.4 is 9.64 Å². The van der Waals surface area contributed by atoms with Gasteiger partial charge in [0.05, 0.1) is 13.2 Å². The molecule has 1 atom stereocenters. The Morgan fingerprint density at radius 2 is 2.00 bits per heavy atom. The third-order valence-corrected chi connectivity index (χ3v) is 4.36. The van der Waals surface area contributed by atoms with E-state index in [1.165, 1.54) is 5.69 Å². The summed E-state index contributed by atoms with van der Waals surface area (Å²) in [5.41, 5.74) is 3.16. The molecule has 124 valence electrons. The summed E-state index contributed by atoms with van der Waals surface area (Å²) in [5.74, 6) is 0.820. The maximum atomic E-state index is 9.55. The molecule has 1 fully saturated rings. The van der Waals surface area contributed by atoms with Gasteiger partial charge >= 0.3 is 0 Å². The summed E-state index contributed by atoms with van der Waals surface area (Å²) >= 11 is 0. The Labute approximate surface area is 137 Å². The number of rotatable bonds is 4. The number of aliphatic hydroxyl groups is 1. The number of aryl methyl sites for hydroxylation is 1. The van der Waals surface area contributed by atoms with E-state index < -0.39 is 0 Å². The van der Waals surface area contributed by atoms with Crippen molar-refractivity contribution < 1.29 is 9.84 Å². The number of pyridine rings is 1. The number of anilines is 1. The van der Waals surface area contributed by atoms with Gasteiger partial charge in [0, 0.05) is 49.5 Å². The van der Waals surface area contributed by atoms with E-state index in [9.17, 15) is 5.11 Å². The van der Waals surface area contributed by atoms with Crippen LogP contribution in [0.5, 0.6) is 5.75 Å². The molecule has 0 bridgehead atoms. The summed E-state index contributed by atoms with van der Waals surface area (Å²) in [7, 11) is 1.69. The van der Waals surface area contributed by atoms with Crippen LogP contribution in [0, 0.1) is 6.92 Å². The summed E-state index contributed by atoms with van der Waals surface area (Å²) in [6.45, 7) is 8.48. The highest BCUT2D eigenvalue weighted by Gasteiger charge is 2.20. The Kier molecular flexibility index (Phi) is 4.68. The fraction of sp³-hybridized carbons (Fsp3) is 0.500. The maximum Gasteiger partial charge on any atom is 0.145 e. The average Bonchev–Trinajstić information content (AvgIpc) is 2.53. The second-order valence-electron chi connectivity index (χ2n) is 6.28. The van der Waals surface area contributed by atoms with Gasteiger partial charge in [-0.2, -0.15) is 0 Å². The van der Waals surface area contributed by atoms with Gasteiger partial charge in [-0.05, 0) is 26.0 Å². The first-order valence-electron chi connectivity index (χ1n) is 8.18. The molecule has 3 rings (SSSR count). The molecular weight excluding hydrogens is 290 g/mol. The molecule has 5 nitrogen and oxygen atoms in total. The van der Waals surface area contributed by atoms with Crippen molar-refractivity contribution in [2.75, 3.05) is 44.7 Å². The standard InChI is InChI=1S/C18H25N3O2/c1-13-11-16(15-5-4-6-17(23-3)18(15)19-13)21-9-7-20(8-10-21)12-14(2)22/h4-6,11,14,22H,7-10,12H2,1-3H3/t14-/m1/s1. The fourth-order valence-electron chi connectivity index (χ4n) is 3.30. The third-order valence-electron chi connectivity index (χ3n) is 4.36. The van der Waals surface area contributed by atoms with Crippen LogP contribution in [-0.4, -0.2) is 60.9 Å².